The summed E-state index contributed by atoms with van der Waals surface area (Å²) in [5, 5.41) is 20.6. The van der Waals surface area contributed by atoms with E-state index in [9.17, 15) is 0 Å². The Morgan fingerprint density at radius 1 is 1.03 bits per heavy atom. The molecule has 0 saturated carbocycles. The first-order chi connectivity index (χ1) is 17.4. The van der Waals surface area contributed by atoms with Gasteiger partial charge in [0, 0.05) is 53.9 Å². The lowest BCUT2D eigenvalue weighted by Gasteiger charge is -2.49. The average molecular weight is 486 g/mol. The second-order valence-electron chi connectivity index (χ2n) is 9.97. The molecule has 3 unspecified atom stereocenters. The number of methoxy groups -OCH3 is 1. The number of hydrogen-bond donors (Lipinski definition) is 2. The smallest absolute Gasteiger partial charge is 0.162 e. The van der Waals surface area contributed by atoms with Gasteiger partial charge in [0.25, 0.3) is 0 Å². The van der Waals surface area contributed by atoms with Crippen molar-refractivity contribution in [3.63, 3.8) is 0 Å². The lowest BCUT2D eigenvalue weighted by Crippen LogP contribution is -2.67. The topological polar surface area (TPSA) is 101 Å². The molecular weight excluding hydrogens is 454 g/mol. The van der Waals surface area contributed by atoms with Crippen molar-refractivity contribution >= 4 is 16.7 Å². The molecule has 3 aliphatic rings. The number of fused-ring (bicyclic) bond motifs is 3. The Morgan fingerprint density at radius 3 is 2.50 bits per heavy atom. The average Bonchev–Trinajstić information content (AvgIpc) is 3.25. The number of piperidine rings is 1. The number of ether oxygens (including phenoxy) is 2. The maximum atomic E-state index is 6.43. The SMILES string of the molecule is COc1cc2[nH]nc(-c3cnc(N4CC5CC(C4)N5)c(C)c3)c2cc1OC(C)c1c(C)cnnc1C. The number of aromatic amines is 1. The lowest BCUT2D eigenvalue weighted by molar-refractivity contribution is 0.214. The van der Waals surface area contributed by atoms with Crippen molar-refractivity contribution in [1.29, 1.82) is 0 Å². The summed E-state index contributed by atoms with van der Waals surface area (Å²) in [4.78, 5) is 7.25. The van der Waals surface area contributed by atoms with Crippen LogP contribution in [0.5, 0.6) is 11.5 Å². The monoisotopic (exact) mass is 485 g/mol. The molecule has 0 radical (unpaired) electrons. The Bertz CT molecular complexity index is 1410. The number of benzene rings is 1. The van der Waals surface area contributed by atoms with Crippen molar-refractivity contribution < 1.29 is 9.47 Å². The van der Waals surface area contributed by atoms with E-state index in [0.717, 1.165) is 63.5 Å². The summed E-state index contributed by atoms with van der Waals surface area (Å²) in [5.41, 5.74) is 6.77. The molecule has 9 nitrogen and oxygen atoms in total. The van der Waals surface area contributed by atoms with Crippen LogP contribution in [0.15, 0.2) is 30.6 Å². The molecule has 9 heteroatoms. The molecule has 2 bridgehead atoms. The number of anilines is 1. The maximum absolute atomic E-state index is 6.43. The minimum Gasteiger partial charge on any atom is -0.493 e. The third kappa shape index (κ3) is 3.83. The van der Waals surface area contributed by atoms with Crippen LogP contribution in [-0.2, 0) is 0 Å². The molecule has 3 atom stereocenters. The van der Waals surface area contributed by atoms with Gasteiger partial charge in [-0.25, -0.2) is 4.98 Å². The highest BCUT2D eigenvalue weighted by atomic mass is 16.5. The van der Waals surface area contributed by atoms with Gasteiger partial charge in [-0.2, -0.15) is 15.3 Å². The second kappa shape index (κ2) is 8.74. The van der Waals surface area contributed by atoms with E-state index in [1.54, 1.807) is 13.3 Å². The van der Waals surface area contributed by atoms with Gasteiger partial charge < -0.3 is 19.7 Å². The Hall–Kier alpha value is -3.72. The largest absolute Gasteiger partial charge is 0.493 e. The fourth-order valence-electron chi connectivity index (χ4n) is 5.69. The molecule has 3 aliphatic heterocycles. The van der Waals surface area contributed by atoms with E-state index in [0.29, 0.717) is 23.6 Å². The Morgan fingerprint density at radius 2 is 1.81 bits per heavy atom. The number of hydrogen-bond acceptors (Lipinski definition) is 8. The molecule has 6 heterocycles. The first-order valence-electron chi connectivity index (χ1n) is 12.4. The highest BCUT2D eigenvalue weighted by Gasteiger charge is 2.37. The normalized spacial score (nSPS) is 19.8. The summed E-state index contributed by atoms with van der Waals surface area (Å²) in [7, 11) is 1.65. The van der Waals surface area contributed by atoms with Gasteiger partial charge >= 0.3 is 0 Å². The highest BCUT2D eigenvalue weighted by Crippen LogP contribution is 2.39. The quantitative estimate of drug-likeness (QED) is 0.422. The van der Waals surface area contributed by atoms with Crippen LogP contribution in [-0.4, -0.2) is 57.7 Å². The molecule has 3 aromatic heterocycles. The van der Waals surface area contributed by atoms with E-state index >= 15 is 0 Å². The van der Waals surface area contributed by atoms with Gasteiger partial charge in [0.05, 0.1) is 24.5 Å². The van der Waals surface area contributed by atoms with E-state index in [4.69, 9.17) is 14.5 Å². The zero-order valence-electron chi connectivity index (χ0n) is 21.3. The third-order valence-electron chi connectivity index (χ3n) is 7.38. The minimum atomic E-state index is -0.226. The van der Waals surface area contributed by atoms with Crippen LogP contribution in [0.3, 0.4) is 0 Å². The number of nitrogens with one attached hydrogen (secondary N) is 2. The van der Waals surface area contributed by atoms with Gasteiger partial charge in [-0.1, -0.05) is 0 Å². The fourth-order valence-corrected chi connectivity index (χ4v) is 5.69. The molecule has 2 N–H and O–H groups in total. The zero-order valence-corrected chi connectivity index (χ0v) is 21.3. The molecule has 0 spiro atoms. The van der Waals surface area contributed by atoms with Crippen LogP contribution < -0.4 is 19.7 Å². The first kappa shape index (κ1) is 22.7. The van der Waals surface area contributed by atoms with Gasteiger partial charge in [0.1, 0.15) is 17.6 Å². The van der Waals surface area contributed by atoms with Crippen LogP contribution in [0, 0.1) is 20.8 Å². The third-order valence-corrected chi connectivity index (χ3v) is 7.38. The fraction of sp³-hybridized carbons (Fsp3) is 0.407. The van der Waals surface area contributed by atoms with Gasteiger partial charge in [-0.05, 0) is 57.4 Å². The van der Waals surface area contributed by atoms with Crippen LogP contribution in [0.2, 0.25) is 0 Å². The van der Waals surface area contributed by atoms with Gasteiger partial charge in [-0.3, -0.25) is 5.10 Å². The summed E-state index contributed by atoms with van der Waals surface area (Å²) in [5.74, 6) is 2.35. The van der Waals surface area contributed by atoms with E-state index in [1.165, 1.54) is 6.42 Å². The predicted molar refractivity (Wildman–Crippen MR) is 139 cm³/mol. The first-order valence-corrected chi connectivity index (χ1v) is 12.4. The maximum Gasteiger partial charge on any atom is 0.162 e. The minimum absolute atomic E-state index is 0.226. The Labute approximate surface area is 210 Å². The van der Waals surface area contributed by atoms with Crippen molar-refractivity contribution in [3.8, 4) is 22.8 Å². The van der Waals surface area contributed by atoms with E-state index in [-0.39, 0.29) is 6.10 Å². The number of piperazine rings is 1. The highest BCUT2D eigenvalue weighted by molar-refractivity contribution is 5.95. The zero-order chi connectivity index (χ0) is 25.0. The lowest BCUT2D eigenvalue weighted by atomic mass is 9.91. The van der Waals surface area contributed by atoms with Crippen molar-refractivity contribution in [3.05, 3.63) is 53.0 Å². The van der Waals surface area contributed by atoms with Crippen LogP contribution in [0.25, 0.3) is 22.2 Å². The summed E-state index contributed by atoms with van der Waals surface area (Å²) in [6.45, 7) is 10.1. The molecule has 7 rings (SSSR count). The molecule has 3 saturated heterocycles. The molecule has 3 fully saturated rings. The molecular formula is C27H31N7O2. The van der Waals surface area contributed by atoms with Crippen LogP contribution >= 0.6 is 0 Å². The van der Waals surface area contributed by atoms with E-state index in [1.807, 2.05) is 39.1 Å². The van der Waals surface area contributed by atoms with Gasteiger partial charge in [0.15, 0.2) is 11.5 Å². The molecule has 4 aromatic rings. The number of aryl methyl sites for hydroxylation is 3. The molecule has 0 amide bonds. The summed E-state index contributed by atoms with van der Waals surface area (Å²) in [6, 6.07) is 7.28. The van der Waals surface area contributed by atoms with Crippen molar-refractivity contribution in [1.82, 2.24) is 30.7 Å². The predicted octanol–water partition coefficient (Wildman–Crippen LogP) is 4.04. The molecule has 36 heavy (non-hydrogen) atoms. The summed E-state index contributed by atoms with van der Waals surface area (Å²) in [6.07, 6.45) is 4.74. The van der Waals surface area contributed by atoms with Gasteiger partial charge in [-0.15, -0.1) is 0 Å². The number of rotatable bonds is 6. The number of nitrogens with zero attached hydrogens (tertiary/aromatic N) is 5. The molecule has 186 valence electrons. The summed E-state index contributed by atoms with van der Waals surface area (Å²) >= 11 is 0. The number of H-pyrrole nitrogens is 1. The van der Waals surface area contributed by atoms with Crippen molar-refractivity contribution in [2.24, 2.45) is 0 Å². The molecule has 1 aromatic carbocycles. The second-order valence-corrected chi connectivity index (χ2v) is 9.97. The van der Waals surface area contributed by atoms with E-state index in [2.05, 4.69) is 43.6 Å². The standard InChI is InChI=1S/C27H31N7O2/c1-14-6-18(11-28-27(14)34-12-19-7-20(13-34)30-19)26-21-8-24(23(35-5)9-22(21)32-33-26)36-17(4)25-15(2)10-29-31-16(25)3/h6,8-11,17,19-20,30H,7,12-13H2,1-5H3,(H,32,33). The van der Waals surface area contributed by atoms with E-state index < -0.39 is 0 Å². The summed E-state index contributed by atoms with van der Waals surface area (Å²) < 4.78 is 12.1. The number of pyridine rings is 1. The van der Waals surface area contributed by atoms with Gasteiger partial charge in [0.2, 0.25) is 0 Å². The number of aromatic nitrogens is 5. The Balaban J connectivity index is 1.34. The molecule has 0 aliphatic carbocycles. The van der Waals surface area contributed by atoms with Crippen molar-refractivity contribution in [2.45, 2.75) is 52.3 Å². The van der Waals surface area contributed by atoms with Crippen molar-refractivity contribution in [2.75, 3.05) is 25.1 Å². The van der Waals surface area contributed by atoms with Crippen LogP contribution in [0.4, 0.5) is 5.82 Å². The Kier molecular flexibility index (Phi) is 5.52. The van der Waals surface area contributed by atoms with Crippen LogP contribution in [0.1, 0.15) is 41.8 Å².